The van der Waals surface area contributed by atoms with Crippen molar-refractivity contribution in [3.63, 3.8) is 0 Å². The summed E-state index contributed by atoms with van der Waals surface area (Å²) in [5.41, 5.74) is 7.10. The fraction of sp³-hybridized carbons (Fsp3) is 0.279. The van der Waals surface area contributed by atoms with Gasteiger partial charge in [0.05, 0.1) is 6.54 Å². The van der Waals surface area contributed by atoms with Crippen molar-refractivity contribution in [2.45, 2.75) is 51.1 Å². The molecule has 11 heteroatoms. The summed E-state index contributed by atoms with van der Waals surface area (Å²) in [6.07, 6.45) is 1.78. The van der Waals surface area contributed by atoms with Crippen molar-refractivity contribution in [2.24, 2.45) is 0 Å². The van der Waals surface area contributed by atoms with Gasteiger partial charge in [-0.05, 0) is 71.4 Å². The van der Waals surface area contributed by atoms with Crippen LogP contribution in [0.3, 0.4) is 0 Å². The lowest BCUT2D eigenvalue weighted by molar-refractivity contribution is -0.137. The highest BCUT2D eigenvalue weighted by Gasteiger charge is 2.40. The lowest BCUT2D eigenvalue weighted by Crippen LogP contribution is -2.52. The molecule has 1 unspecified atom stereocenters. The molecule has 2 aliphatic heterocycles. The van der Waals surface area contributed by atoms with E-state index in [0.717, 1.165) is 22.3 Å². The molecular formula is C43H43ClN4O6. The highest BCUT2D eigenvalue weighted by atomic mass is 35.5. The molecule has 0 saturated carbocycles. The second-order valence-electron chi connectivity index (χ2n) is 13.3. The van der Waals surface area contributed by atoms with Crippen molar-refractivity contribution in [1.29, 1.82) is 0 Å². The van der Waals surface area contributed by atoms with Crippen molar-refractivity contribution in [3.05, 3.63) is 131 Å². The van der Waals surface area contributed by atoms with Crippen LogP contribution >= 0.6 is 11.6 Å². The van der Waals surface area contributed by atoms with Gasteiger partial charge in [-0.3, -0.25) is 29.3 Å². The monoisotopic (exact) mass is 746 g/mol. The number of amides is 5. The number of allylic oxidation sites excluding steroid dienone is 1. The molecule has 1 fully saturated rings. The van der Waals surface area contributed by atoms with E-state index in [0.29, 0.717) is 54.4 Å². The molecule has 0 bridgehead atoms. The molecule has 4 aromatic carbocycles. The fourth-order valence-electron chi connectivity index (χ4n) is 6.92. The van der Waals surface area contributed by atoms with Gasteiger partial charge in [0.2, 0.25) is 23.6 Å². The molecule has 5 amide bonds. The third kappa shape index (κ3) is 9.06. The Bertz CT molecular complexity index is 2030. The van der Waals surface area contributed by atoms with E-state index in [1.807, 2.05) is 60.7 Å². The highest BCUT2D eigenvalue weighted by molar-refractivity contribution is 6.18. The quantitative estimate of drug-likeness (QED) is 0.0795. The number of anilines is 1. The number of likely N-dealkylation sites (N-methyl/N-ethyl adjacent to an activating group) is 1. The lowest BCUT2D eigenvalue weighted by atomic mass is 9.88. The van der Waals surface area contributed by atoms with Gasteiger partial charge in [-0.2, -0.15) is 0 Å². The molecule has 1 saturated heterocycles. The average molecular weight is 747 g/mol. The molecule has 2 N–H and O–H groups in total. The first kappa shape index (κ1) is 38.0. The summed E-state index contributed by atoms with van der Waals surface area (Å²) in [6.45, 7) is 0.838. The Morgan fingerprint density at radius 3 is 2.22 bits per heavy atom. The second-order valence-corrected chi connectivity index (χ2v) is 13.7. The van der Waals surface area contributed by atoms with Crippen LogP contribution in [-0.2, 0) is 25.7 Å². The van der Waals surface area contributed by atoms with Crippen LogP contribution in [0.4, 0.5) is 5.69 Å². The van der Waals surface area contributed by atoms with Crippen LogP contribution in [0.1, 0.15) is 71.1 Å². The summed E-state index contributed by atoms with van der Waals surface area (Å²) in [5, 5.41) is 5.17. The molecule has 278 valence electrons. The van der Waals surface area contributed by atoms with E-state index in [-0.39, 0.29) is 55.9 Å². The van der Waals surface area contributed by atoms with Gasteiger partial charge >= 0.3 is 0 Å². The SMILES string of the molecule is CN(CCOc1ccc(/C(=C(/CCCl)c2ccccc2)c2ccccc2)cc1)C(=O)CCCC(=O)Nc1cccc2c1CN(C1CCC(=O)NC1=O)C2=O. The Morgan fingerprint density at radius 1 is 0.852 bits per heavy atom. The number of piperidine rings is 1. The zero-order chi connectivity index (χ0) is 38.0. The average Bonchev–Trinajstić information content (AvgIpc) is 3.52. The molecule has 0 aliphatic carbocycles. The van der Waals surface area contributed by atoms with Gasteiger partial charge < -0.3 is 19.9 Å². The van der Waals surface area contributed by atoms with Gasteiger partial charge in [0, 0.05) is 55.5 Å². The third-order valence-corrected chi connectivity index (χ3v) is 9.93. The van der Waals surface area contributed by atoms with Crippen LogP contribution in [0.25, 0.3) is 11.1 Å². The van der Waals surface area contributed by atoms with Crippen LogP contribution in [-0.4, -0.2) is 71.5 Å². The smallest absolute Gasteiger partial charge is 0.255 e. The Kier molecular flexibility index (Phi) is 12.6. The molecule has 6 rings (SSSR count). The Morgan fingerprint density at radius 2 is 1.54 bits per heavy atom. The number of halogens is 1. The van der Waals surface area contributed by atoms with Crippen molar-refractivity contribution in [2.75, 3.05) is 31.4 Å². The molecule has 0 radical (unpaired) electrons. The molecular weight excluding hydrogens is 704 g/mol. The van der Waals surface area contributed by atoms with Gasteiger partial charge in [-0.15, -0.1) is 11.6 Å². The predicted octanol–water partition coefficient (Wildman–Crippen LogP) is 6.68. The number of alkyl halides is 1. The van der Waals surface area contributed by atoms with E-state index in [1.54, 1.807) is 30.1 Å². The fourth-order valence-corrected chi connectivity index (χ4v) is 7.11. The Hall–Kier alpha value is -5.74. The van der Waals surface area contributed by atoms with E-state index < -0.39 is 11.9 Å². The van der Waals surface area contributed by atoms with E-state index in [4.69, 9.17) is 16.3 Å². The number of hydrogen-bond donors (Lipinski definition) is 2. The predicted molar refractivity (Wildman–Crippen MR) is 209 cm³/mol. The number of nitrogens with one attached hydrogen (secondary N) is 2. The molecule has 4 aromatic rings. The lowest BCUT2D eigenvalue weighted by Gasteiger charge is -2.29. The zero-order valence-electron chi connectivity index (χ0n) is 30.2. The molecule has 2 aliphatic rings. The summed E-state index contributed by atoms with van der Waals surface area (Å²) >= 11 is 6.29. The number of hydrogen-bond acceptors (Lipinski definition) is 6. The summed E-state index contributed by atoms with van der Waals surface area (Å²) in [6, 6.07) is 32.8. The number of fused-ring (bicyclic) bond motifs is 1. The molecule has 0 spiro atoms. The van der Waals surface area contributed by atoms with Gasteiger partial charge in [-0.25, -0.2) is 0 Å². The number of carbonyl (C=O) groups is 5. The third-order valence-electron chi connectivity index (χ3n) is 9.75. The van der Waals surface area contributed by atoms with Gasteiger partial charge in [-0.1, -0.05) is 78.9 Å². The maximum absolute atomic E-state index is 13.1. The van der Waals surface area contributed by atoms with Gasteiger partial charge in [0.15, 0.2) is 0 Å². The maximum atomic E-state index is 13.1. The Labute approximate surface area is 320 Å². The minimum Gasteiger partial charge on any atom is -0.492 e. The van der Waals surface area contributed by atoms with E-state index in [1.165, 1.54) is 10.5 Å². The number of rotatable bonds is 15. The highest BCUT2D eigenvalue weighted by Crippen LogP contribution is 2.36. The number of ether oxygens (including phenoxy) is 1. The standard InChI is InChI=1S/C43H43ClN4O6/c1-47(26-27-54-32-20-18-31(19-21-32)41(30-12-6-3-7-13-30)33(24-25-44)29-10-4-2-5-11-29)40(51)17-9-16-38(49)45-36-15-8-14-34-35(36)28-48(43(34)53)37-22-23-39(50)46-42(37)52/h2-8,10-15,18-21,37H,9,16-17,22-28H2,1H3,(H,45,49)(H,46,50,52)/b41-33-. The molecule has 10 nitrogen and oxygen atoms in total. The molecule has 0 aromatic heterocycles. The van der Waals surface area contributed by atoms with Crippen molar-refractivity contribution in [1.82, 2.24) is 15.1 Å². The number of nitrogens with zero attached hydrogens (tertiary/aromatic N) is 2. The minimum absolute atomic E-state index is 0.0989. The summed E-state index contributed by atoms with van der Waals surface area (Å²) in [4.78, 5) is 65.9. The van der Waals surface area contributed by atoms with Gasteiger partial charge in [0.25, 0.3) is 5.91 Å². The zero-order valence-corrected chi connectivity index (χ0v) is 30.9. The normalized spacial score (nSPS) is 15.6. The first-order chi connectivity index (χ1) is 26.2. The Balaban J connectivity index is 0.980. The summed E-state index contributed by atoms with van der Waals surface area (Å²) in [7, 11) is 1.71. The summed E-state index contributed by atoms with van der Waals surface area (Å²) in [5.74, 6) is -0.341. The molecule has 1 atom stereocenters. The van der Waals surface area contributed by atoms with Crippen LogP contribution in [0.5, 0.6) is 5.75 Å². The van der Waals surface area contributed by atoms with Crippen LogP contribution in [0.15, 0.2) is 103 Å². The summed E-state index contributed by atoms with van der Waals surface area (Å²) < 4.78 is 6.01. The first-order valence-corrected chi connectivity index (χ1v) is 18.7. The van der Waals surface area contributed by atoms with Crippen LogP contribution < -0.4 is 15.4 Å². The maximum Gasteiger partial charge on any atom is 0.255 e. The second kappa shape index (κ2) is 17.9. The number of imide groups is 1. The van der Waals surface area contributed by atoms with E-state index in [9.17, 15) is 24.0 Å². The number of carbonyl (C=O) groups excluding carboxylic acids is 5. The topological polar surface area (TPSA) is 125 Å². The van der Waals surface area contributed by atoms with E-state index in [2.05, 4.69) is 34.9 Å². The van der Waals surface area contributed by atoms with Crippen molar-refractivity contribution >= 4 is 58.0 Å². The van der Waals surface area contributed by atoms with E-state index >= 15 is 0 Å². The molecule has 2 heterocycles. The number of benzene rings is 4. The van der Waals surface area contributed by atoms with Crippen molar-refractivity contribution in [3.8, 4) is 5.75 Å². The van der Waals surface area contributed by atoms with Crippen molar-refractivity contribution < 1.29 is 28.7 Å². The van der Waals surface area contributed by atoms with Crippen LogP contribution in [0, 0.1) is 0 Å². The minimum atomic E-state index is -0.740. The van der Waals surface area contributed by atoms with Gasteiger partial charge in [0.1, 0.15) is 18.4 Å². The first-order valence-electron chi connectivity index (χ1n) is 18.2. The molecule has 54 heavy (non-hydrogen) atoms. The van der Waals surface area contributed by atoms with Crippen LogP contribution in [0.2, 0.25) is 0 Å². The largest absolute Gasteiger partial charge is 0.492 e.